The van der Waals surface area contributed by atoms with Crippen molar-refractivity contribution in [3.05, 3.63) is 65.7 Å². The van der Waals surface area contributed by atoms with Crippen LogP contribution in [0.5, 0.6) is 0 Å². The van der Waals surface area contributed by atoms with Gasteiger partial charge in [-0.05, 0) is 24.6 Å². The van der Waals surface area contributed by atoms with E-state index in [4.69, 9.17) is 0 Å². The summed E-state index contributed by atoms with van der Waals surface area (Å²) in [6.07, 6.45) is 0. The number of amides is 1. The topological polar surface area (TPSA) is 123 Å². The Bertz CT molecular complexity index is 1400. The number of rotatable bonds is 5. The minimum Gasteiger partial charge on any atom is -0.332 e. The standard InChI is InChI=1S/C20H19N7O3S2/c1-13-21-22-17-12-26(10-11-27(13)17)20(28)18(14-6-3-2-4-7-14)25-32(29,30)16-9-5-8-15-19(16)24-31-23-15/h2-9,18,25H,10-12H2,1H3. The van der Waals surface area contributed by atoms with Gasteiger partial charge in [0.05, 0.1) is 18.3 Å². The van der Waals surface area contributed by atoms with Crippen molar-refractivity contribution in [3.63, 3.8) is 0 Å². The van der Waals surface area contributed by atoms with Crippen LogP contribution in [0.25, 0.3) is 11.0 Å². The molecule has 12 heteroatoms. The molecule has 4 aromatic rings. The largest absolute Gasteiger partial charge is 0.332 e. The van der Waals surface area contributed by atoms with Gasteiger partial charge >= 0.3 is 0 Å². The molecule has 164 valence electrons. The summed E-state index contributed by atoms with van der Waals surface area (Å²) in [5.41, 5.74) is 1.32. The van der Waals surface area contributed by atoms with Gasteiger partial charge in [0.1, 0.15) is 27.8 Å². The first-order chi connectivity index (χ1) is 15.4. The molecule has 1 amide bonds. The smallest absolute Gasteiger partial charge is 0.245 e. The van der Waals surface area contributed by atoms with Crippen LogP contribution in [0.3, 0.4) is 0 Å². The Labute approximate surface area is 188 Å². The molecule has 1 aliphatic heterocycles. The molecular weight excluding hydrogens is 450 g/mol. The van der Waals surface area contributed by atoms with Crippen molar-refractivity contribution in [2.24, 2.45) is 0 Å². The van der Waals surface area contributed by atoms with Crippen molar-refractivity contribution >= 4 is 38.7 Å². The van der Waals surface area contributed by atoms with Crippen LogP contribution in [-0.4, -0.2) is 49.3 Å². The summed E-state index contributed by atoms with van der Waals surface area (Å²) in [5.74, 6) is 1.11. The number of benzene rings is 2. The van der Waals surface area contributed by atoms with Crippen LogP contribution in [-0.2, 0) is 27.9 Å². The normalized spacial score (nSPS) is 15.0. The van der Waals surface area contributed by atoms with Crippen molar-refractivity contribution < 1.29 is 13.2 Å². The lowest BCUT2D eigenvalue weighted by molar-refractivity contribution is -0.134. The third kappa shape index (κ3) is 3.66. The molecule has 0 bridgehead atoms. The van der Waals surface area contributed by atoms with Gasteiger partial charge in [0.25, 0.3) is 0 Å². The predicted molar refractivity (Wildman–Crippen MR) is 117 cm³/mol. The second kappa shape index (κ2) is 8.04. The minimum absolute atomic E-state index is 0.00788. The molecular formula is C20H19N7O3S2. The fourth-order valence-electron chi connectivity index (χ4n) is 3.80. The van der Waals surface area contributed by atoms with E-state index >= 15 is 0 Å². The first kappa shape index (κ1) is 20.7. The van der Waals surface area contributed by atoms with E-state index in [-0.39, 0.29) is 22.9 Å². The number of fused-ring (bicyclic) bond motifs is 2. The lowest BCUT2D eigenvalue weighted by Crippen LogP contribution is -2.46. The van der Waals surface area contributed by atoms with Crippen molar-refractivity contribution in [3.8, 4) is 0 Å². The van der Waals surface area contributed by atoms with Crippen LogP contribution in [0, 0.1) is 6.92 Å². The molecule has 1 unspecified atom stereocenters. The zero-order chi connectivity index (χ0) is 22.3. The maximum atomic E-state index is 13.6. The lowest BCUT2D eigenvalue weighted by Gasteiger charge is -2.31. The molecule has 5 rings (SSSR count). The molecule has 0 saturated heterocycles. The fourth-order valence-corrected chi connectivity index (χ4v) is 5.74. The Hall–Kier alpha value is -3.22. The quantitative estimate of drug-likeness (QED) is 0.471. The van der Waals surface area contributed by atoms with Crippen LogP contribution < -0.4 is 4.72 Å². The first-order valence-corrected chi connectivity index (χ1v) is 12.1. The number of sulfonamides is 1. The second-order valence-corrected chi connectivity index (χ2v) is 9.64. The van der Waals surface area contributed by atoms with E-state index in [1.54, 1.807) is 41.3 Å². The number of nitrogens with zero attached hydrogens (tertiary/aromatic N) is 6. The summed E-state index contributed by atoms with van der Waals surface area (Å²) in [6, 6.07) is 12.5. The van der Waals surface area contributed by atoms with Gasteiger partial charge in [-0.2, -0.15) is 13.5 Å². The van der Waals surface area contributed by atoms with E-state index in [2.05, 4.69) is 23.7 Å². The Morgan fingerprint density at radius 1 is 1.06 bits per heavy atom. The zero-order valence-electron chi connectivity index (χ0n) is 17.0. The van der Waals surface area contributed by atoms with Crippen LogP contribution in [0.15, 0.2) is 53.4 Å². The molecule has 32 heavy (non-hydrogen) atoms. The number of hydrogen-bond donors (Lipinski definition) is 1. The number of aryl methyl sites for hydroxylation is 1. The summed E-state index contributed by atoms with van der Waals surface area (Å²) in [7, 11) is -4.07. The molecule has 1 N–H and O–H groups in total. The molecule has 10 nitrogen and oxygen atoms in total. The SMILES string of the molecule is Cc1nnc2n1CCN(C(=O)C(NS(=O)(=O)c1cccc3nsnc13)c1ccccc1)C2. The van der Waals surface area contributed by atoms with Crippen molar-refractivity contribution in [1.82, 2.24) is 33.1 Å². The van der Waals surface area contributed by atoms with Crippen molar-refractivity contribution in [1.29, 1.82) is 0 Å². The van der Waals surface area contributed by atoms with Crippen LogP contribution in [0.4, 0.5) is 0 Å². The number of carbonyl (C=O) groups excluding carboxylic acids is 1. The number of hydrogen-bond acceptors (Lipinski definition) is 8. The Morgan fingerprint density at radius 3 is 2.69 bits per heavy atom. The summed E-state index contributed by atoms with van der Waals surface area (Å²) in [4.78, 5) is 15.2. The highest BCUT2D eigenvalue weighted by Gasteiger charge is 2.34. The monoisotopic (exact) mass is 469 g/mol. The maximum Gasteiger partial charge on any atom is 0.245 e. The van der Waals surface area contributed by atoms with Gasteiger partial charge in [-0.3, -0.25) is 4.79 Å². The highest BCUT2D eigenvalue weighted by molar-refractivity contribution is 7.89. The van der Waals surface area contributed by atoms with E-state index in [1.165, 1.54) is 6.07 Å². The second-order valence-electron chi connectivity index (χ2n) is 7.43. The molecule has 2 aromatic heterocycles. The first-order valence-electron chi connectivity index (χ1n) is 9.90. The average Bonchev–Trinajstić information content (AvgIpc) is 3.44. The van der Waals surface area contributed by atoms with E-state index in [0.29, 0.717) is 30.0 Å². The van der Waals surface area contributed by atoms with E-state index < -0.39 is 16.1 Å². The van der Waals surface area contributed by atoms with E-state index in [9.17, 15) is 13.2 Å². The molecule has 3 heterocycles. The van der Waals surface area contributed by atoms with Gasteiger partial charge < -0.3 is 9.47 Å². The molecule has 0 fully saturated rings. The molecule has 0 saturated carbocycles. The summed E-state index contributed by atoms with van der Waals surface area (Å²) >= 11 is 0.940. The van der Waals surface area contributed by atoms with Gasteiger partial charge in [-0.25, -0.2) is 8.42 Å². The van der Waals surface area contributed by atoms with E-state index in [0.717, 1.165) is 17.6 Å². The molecule has 1 aliphatic rings. The van der Waals surface area contributed by atoms with Gasteiger partial charge in [0.15, 0.2) is 5.82 Å². The molecule has 0 aliphatic carbocycles. The number of carbonyl (C=O) groups is 1. The van der Waals surface area contributed by atoms with Crippen molar-refractivity contribution in [2.45, 2.75) is 31.0 Å². The molecule has 2 aromatic carbocycles. The summed E-state index contributed by atoms with van der Waals surface area (Å²) < 4.78 is 39.5. The molecule has 0 spiro atoms. The Morgan fingerprint density at radius 2 is 1.88 bits per heavy atom. The van der Waals surface area contributed by atoms with Crippen LogP contribution in [0.2, 0.25) is 0 Å². The predicted octanol–water partition coefficient (Wildman–Crippen LogP) is 1.65. The zero-order valence-corrected chi connectivity index (χ0v) is 18.7. The third-order valence-corrected chi connectivity index (χ3v) is 7.44. The lowest BCUT2D eigenvalue weighted by atomic mass is 10.1. The highest BCUT2D eigenvalue weighted by atomic mass is 32.2. The number of aromatic nitrogens is 5. The third-order valence-electron chi connectivity index (χ3n) is 5.44. The average molecular weight is 470 g/mol. The van der Waals surface area contributed by atoms with Gasteiger partial charge in [-0.1, -0.05) is 36.4 Å². The summed E-state index contributed by atoms with van der Waals surface area (Å²) in [6.45, 7) is 3.11. The van der Waals surface area contributed by atoms with Crippen LogP contribution >= 0.6 is 11.7 Å². The fraction of sp³-hybridized carbons (Fsp3) is 0.250. The molecule has 1 atom stereocenters. The Balaban J connectivity index is 1.49. The highest BCUT2D eigenvalue weighted by Crippen LogP contribution is 2.25. The Kier molecular flexibility index (Phi) is 5.19. The molecule has 0 radical (unpaired) electrons. The van der Waals surface area contributed by atoms with Crippen molar-refractivity contribution in [2.75, 3.05) is 6.54 Å². The minimum atomic E-state index is -4.07. The van der Waals surface area contributed by atoms with Gasteiger partial charge in [0.2, 0.25) is 15.9 Å². The number of nitrogens with one attached hydrogen (secondary N) is 1. The van der Waals surface area contributed by atoms with Crippen LogP contribution in [0.1, 0.15) is 23.3 Å². The van der Waals surface area contributed by atoms with E-state index in [1.807, 2.05) is 17.6 Å². The summed E-state index contributed by atoms with van der Waals surface area (Å²) in [5, 5.41) is 8.21. The van der Waals surface area contributed by atoms with Gasteiger partial charge in [-0.15, -0.1) is 10.2 Å². The van der Waals surface area contributed by atoms with Gasteiger partial charge in [0, 0.05) is 13.1 Å². The maximum absolute atomic E-state index is 13.6.